The third-order valence-electron chi connectivity index (χ3n) is 4.86. The van der Waals surface area contributed by atoms with Crippen molar-refractivity contribution in [2.75, 3.05) is 39.3 Å². The summed E-state index contributed by atoms with van der Waals surface area (Å²) in [6, 6.07) is 0.733. The summed E-state index contributed by atoms with van der Waals surface area (Å²) in [4.78, 5) is 17.1. The molecule has 3 aliphatic rings. The summed E-state index contributed by atoms with van der Waals surface area (Å²) < 4.78 is 0. The molecule has 0 spiro atoms. The molecule has 0 aromatic heterocycles. The van der Waals surface area contributed by atoms with Crippen molar-refractivity contribution in [3.8, 4) is 0 Å². The number of carbonyl (C=O) groups excluding carboxylic acids is 1. The predicted octanol–water partition coefficient (Wildman–Crippen LogP) is 0.683. The topological polar surface area (TPSA) is 35.6 Å². The van der Waals surface area contributed by atoms with Crippen molar-refractivity contribution in [3.05, 3.63) is 0 Å². The van der Waals surface area contributed by atoms with E-state index in [2.05, 4.69) is 15.1 Å². The fourth-order valence-electron chi connectivity index (χ4n) is 3.45. The van der Waals surface area contributed by atoms with Gasteiger partial charge >= 0.3 is 0 Å². The highest BCUT2D eigenvalue weighted by atomic mass is 16.2. The average Bonchev–Trinajstić information content (AvgIpc) is 2.38. The number of hydrogen-bond donors (Lipinski definition) is 1. The Hall–Kier alpha value is -0.610. The van der Waals surface area contributed by atoms with E-state index in [1.54, 1.807) is 0 Å². The summed E-state index contributed by atoms with van der Waals surface area (Å²) in [5.41, 5.74) is 0. The number of piperazine rings is 1. The van der Waals surface area contributed by atoms with Crippen molar-refractivity contribution < 1.29 is 4.79 Å². The van der Waals surface area contributed by atoms with Gasteiger partial charge in [-0.3, -0.25) is 9.69 Å². The van der Waals surface area contributed by atoms with Gasteiger partial charge in [-0.25, -0.2) is 0 Å². The van der Waals surface area contributed by atoms with Crippen molar-refractivity contribution in [1.29, 1.82) is 0 Å². The first kappa shape index (κ1) is 12.4. The van der Waals surface area contributed by atoms with Crippen LogP contribution in [0.1, 0.15) is 32.1 Å². The Morgan fingerprint density at radius 1 is 0.944 bits per heavy atom. The molecule has 1 amide bonds. The second-order valence-corrected chi connectivity index (χ2v) is 6.01. The van der Waals surface area contributed by atoms with E-state index in [1.165, 1.54) is 19.3 Å². The number of amides is 1. The molecule has 4 nitrogen and oxygen atoms in total. The van der Waals surface area contributed by atoms with Crippen LogP contribution in [0.25, 0.3) is 0 Å². The third kappa shape index (κ3) is 2.54. The Morgan fingerprint density at radius 2 is 1.61 bits per heavy atom. The van der Waals surface area contributed by atoms with Crippen LogP contribution in [-0.2, 0) is 4.79 Å². The van der Waals surface area contributed by atoms with E-state index in [-0.39, 0.29) is 0 Å². The van der Waals surface area contributed by atoms with E-state index in [1.807, 2.05) is 0 Å². The Balaban J connectivity index is 1.47. The molecular weight excluding hydrogens is 226 g/mol. The van der Waals surface area contributed by atoms with Gasteiger partial charge < -0.3 is 10.2 Å². The van der Waals surface area contributed by atoms with Gasteiger partial charge in [-0.15, -0.1) is 0 Å². The Kier molecular flexibility index (Phi) is 3.85. The van der Waals surface area contributed by atoms with E-state index >= 15 is 0 Å². The summed E-state index contributed by atoms with van der Waals surface area (Å²) in [6.45, 7) is 6.32. The van der Waals surface area contributed by atoms with Gasteiger partial charge in [0.2, 0.25) is 5.91 Å². The molecule has 3 fully saturated rings. The SMILES string of the molecule is O=C(C1CCCCC1)N1CCN(C2CNC2)CC1. The maximum absolute atomic E-state index is 12.4. The van der Waals surface area contributed by atoms with Gasteiger partial charge in [0.25, 0.3) is 0 Å². The molecule has 18 heavy (non-hydrogen) atoms. The molecule has 0 radical (unpaired) electrons. The van der Waals surface area contributed by atoms with Gasteiger partial charge in [0.15, 0.2) is 0 Å². The molecule has 2 saturated heterocycles. The van der Waals surface area contributed by atoms with Crippen LogP contribution in [0, 0.1) is 5.92 Å². The molecule has 0 aromatic rings. The summed E-state index contributed by atoms with van der Waals surface area (Å²) in [5, 5.41) is 3.32. The highest BCUT2D eigenvalue weighted by molar-refractivity contribution is 5.79. The zero-order chi connectivity index (χ0) is 12.4. The lowest BCUT2D eigenvalue weighted by molar-refractivity contribution is -0.138. The van der Waals surface area contributed by atoms with Gasteiger partial charge in [0.1, 0.15) is 0 Å². The van der Waals surface area contributed by atoms with Gasteiger partial charge in [-0.05, 0) is 12.8 Å². The summed E-state index contributed by atoms with van der Waals surface area (Å²) in [5.74, 6) is 0.789. The smallest absolute Gasteiger partial charge is 0.225 e. The molecule has 0 aromatic carbocycles. The fraction of sp³-hybridized carbons (Fsp3) is 0.929. The fourth-order valence-corrected chi connectivity index (χ4v) is 3.45. The molecule has 0 unspecified atom stereocenters. The van der Waals surface area contributed by atoms with Crippen molar-refractivity contribution in [2.45, 2.75) is 38.1 Å². The van der Waals surface area contributed by atoms with Crippen molar-refractivity contribution in [3.63, 3.8) is 0 Å². The van der Waals surface area contributed by atoms with E-state index in [9.17, 15) is 4.79 Å². The zero-order valence-corrected chi connectivity index (χ0v) is 11.2. The van der Waals surface area contributed by atoms with Crippen LogP contribution in [0.15, 0.2) is 0 Å². The van der Waals surface area contributed by atoms with Crippen LogP contribution in [0.2, 0.25) is 0 Å². The highest BCUT2D eigenvalue weighted by Gasteiger charge is 2.31. The van der Waals surface area contributed by atoms with E-state index in [0.717, 1.165) is 58.2 Å². The van der Waals surface area contributed by atoms with Crippen molar-refractivity contribution in [1.82, 2.24) is 15.1 Å². The first-order chi connectivity index (χ1) is 8.84. The molecule has 1 N–H and O–H groups in total. The quantitative estimate of drug-likeness (QED) is 0.784. The monoisotopic (exact) mass is 251 g/mol. The molecule has 1 saturated carbocycles. The molecule has 2 heterocycles. The molecule has 2 aliphatic heterocycles. The number of nitrogens with zero attached hydrogens (tertiary/aromatic N) is 2. The van der Waals surface area contributed by atoms with E-state index in [0.29, 0.717) is 11.8 Å². The van der Waals surface area contributed by atoms with Gasteiger partial charge in [0.05, 0.1) is 0 Å². The lowest BCUT2D eigenvalue weighted by Gasteiger charge is -2.44. The van der Waals surface area contributed by atoms with Crippen LogP contribution in [-0.4, -0.2) is 61.0 Å². The minimum absolute atomic E-state index is 0.343. The summed E-state index contributed by atoms with van der Waals surface area (Å²) >= 11 is 0. The highest BCUT2D eigenvalue weighted by Crippen LogP contribution is 2.26. The van der Waals surface area contributed by atoms with Crippen molar-refractivity contribution in [2.24, 2.45) is 5.92 Å². The Labute approximate surface area is 110 Å². The molecule has 1 aliphatic carbocycles. The van der Waals surface area contributed by atoms with Crippen LogP contribution in [0.4, 0.5) is 0 Å². The van der Waals surface area contributed by atoms with E-state index < -0.39 is 0 Å². The summed E-state index contributed by atoms with van der Waals surface area (Å²) in [7, 11) is 0. The molecule has 0 atom stereocenters. The standard InChI is InChI=1S/C14H25N3O/c18-14(12-4-2-1-3-5-12)17-8-6-16(7-9-17)13-10-15-11-13/h12-13,15H,1-11H2. The van der Waals surface area contributed by atoms with Crippen LogP contribution < -0.4 is 5.32 Å². The molecule has 102 valence electrons. The minimum atomic E-state index is 0.343. The lowest BCUT2D eigenvalue weighted by Crippen LogP contribution is -2.62. The van der Waals surface area contributed by atoms with Gasteiger partial charge in [-0.2, -0.15) is 0 Å². The molecule has 0 bridgehead atoms. The number of nitrogens with one attached hydrogen (secondary N) is 1. The maximum atomic E-state index is 12.4. The Morgan fingerprint density at radius 3 is 2.17 bits per heavy atom. The van der Waals surface area contributed by atoms with E-state index in [4.69, 9.17) is 0 Å². The Bertz CT molecular complexity index is 289. The lowest BCUT2D eigenvalue weighted by atomic mass is 9.88. The molecule has 4 heteroatoms. The number of rotatable bonds is 2. The maximum Gasteiger partial charge on any atom is 0.225 e. The zero-order valence-electron chi connectivity index (χ0n) is 11.2. The molecule has 3 rings (SSSR count). The van der Waals surface area contributed by atoms with Crippen LogP contribution in [0.5, 0.6) is 0 Å². The minimum Gasteiger partial charge on any atom is -0.340 e. The normalized spacial score (nSPS) is 28.1. The largest absolute Gasteiger partial charge is 0.340 e. The summed E-state index contributed by atoms with van der Waals surface area (Å²) in [6.07, 6.45) is 6.09. The second-order valence-electron chi connectivity index (χ2n) is 6.01. The van der Waals surface area contributed by atoms with Crippen LogP contribution >= 0.6 is 0 Å². The predicted molar refractivity (Wildman–Crippen MR) is 71.4 cm³/mol. The average molecular weight is 251 g/mol. The van der Waals surface area contributed by atoms with Crippen molar-refractivity contribution >= 4 is 5.91 Å². The third-order valence-corrected chi connectivity index (χ3v) is 4.86. The first-order valence-corrected chi connectivity index (χ1v) is 7.58. The molecular formula is C14H25N3O. The first-order valence-electron chi connectivity index (χ1n) is 7.58. The van der Waals surface area contributed by atoms with Gasteiger partial charge in [-0.1, -0.05) is 19.3 Å². The number of carbonyl (C=O) groups is 1. The van der Waals surface area contributed by atoms with Gasteiger partial charge in [0, 0.05) is 51.2 Å². The number of hydrogen-bond acceptors (Lipinski definition) is 3. The van der Waals surface area contributed by atoms with Crippen LogP contribution in [0.3, 0.4) is 0 Å². The second kappa shape index (κ2) is 5.57.